The predicted molar refractivity (Wildman–Crippen MR) is 52.5 cm³/mol. The predicted octanol–water partition coefficient (Wildman–Crippen LogP) is 2.23. The molecule has 1 aromatic heterocycles. The Morgan fingerprint density at radius 2 is 2.08 bits per heavy atom. The Hall–Kier alpha value is -1.05. The van der Waals surface area contributed by atoms with E-state index in [9.17, 15) is 0 Å². The van der Waals surface area contributed by atoms with Gasteiger partial charge in [0.05, 0.1) is 0 Å². The number of aryl methyl sites for hydroxylation is 1. The van der Waals surface area contributed by atoms with E-state index in [4.69, 9.17) is 0 Å². The first-order chi connectivity index (χ1) is 5.61. The SMILES string of the molecule is Cc1cc(N(C)C(C)C)ccn1. The number of nitrogens with zero attached hydrogens (tertiary/aromatic N) is 2. The van der Waals surface area contributed by atoms with Crippen LogP contribution in [-0.2, 0) is 0 Å². The largest absolute Gasteiger partial charge is 0.372 e. The lowest BCUT2D eigenvalue weighted by Crippen LogP contribution is -2.25. The van der Waals surface area contributed by atoms with Gasteiger partial charge in [0.15, 0.2) is 0 Å². The van der Waals surface area contributed by atoms with Gasteiger partial charge in [-0.1, -0.05) is 0 Å². The summed E-state index contributed by atoms with van der Waals surface area (Å²) < 4.78 is 0. The van der Waals surface area contributed by atoms with Crippen molar-refractivity contribution >= 4 is 5.69 Å². The maximum Gasteiger partial charge on any atom is 0.0399 e. The lowest BCUT2D eigenvalue weighted by atomic mass is 10.2. The molecule has 0 aliphatic heterocycles. The van der Waals surface area contributed by atoms with E-state index in [0.29, 0.717) is 6.04 Å². The number of anilines is 1. The Balaban J connectivity index is 2.88. The molecule has 0 amide bonds. The Morgan fingerprint density at radius 3 is 2.58 bits per heavy atom. The van der Waals surface area contributed by atoms with Crippen molar-refractivity contribution in [3.63, 3.8) is 0 Å². The summed E-state index contributed by atoms with van der Waals surface area (Å²) in [6.07, 6.45) is 1.85. The van der Waals surface area contributed by atoms with Gasteiger partial charge in [-0.05, 0) is 32.9 Å². The minimum Gasteiger partial charge on any atom is -0.372 e. The fraction of sp³-hybridized carbons (Fsp3) is 0.500. The molecule has 2 nitrogen and oxygen atoms in total. The monoisotopic (exact) mass is 164 g/mol. The third-order valence-corrected chi connectivity index (χ3v) is 2.06. The summed E-state index contributed by atoms with van der Waals surface area (Å²) in [6.45, 7) is 6.36. The van der Waals surface area contributed by atoms with Crippen LogP contribution in [0, 0.1) is 6.92 Å². The van der Waals surface area contributed by atoms with Crippen molar-refractivity contribution in [3.8, 4) is 0 Å². The minimum atomic E-state index is 0.534. The molecule has 12 heavy (non-hydrogen) atoms. The van der Waals surface area contributed by atoms with E-state index >= 15 is 0 Å². The van der Waals surface area contributed by atoms with Gasteiger partial charge in [0, 0.05) is 30.7 Å². The van der Waals surface area contributed by atoms with Gasteiger partial charge in [-0.3, -0.25) is 4.98 Å². The highest BCUT2D eigenvalue weighted by Crippen LogP contribution is 2.14. The molecular formula is C10H16N2. The average Bonchev–Trinajstić information content (AvgIpc) is 2.03. The molecule has 2 heteroatoms. The number of rotatable bonds is 2. The van der Waals surface area contributed by atoms with Crippen molar-refractivity contribution < 1.29 is 0 Å². The second-order valence-electron chi connectivity index (χ2n) is 3.36. The molecule has 0 saturated carbocycles. The van der Waals surface area contributed by atoms with E-state index in [2.05, 4.69) is 36.8 Å². The molecule has 0 N–H and O–H groups in total. The molecule has 0 aliphatic rings. The van der Waals surface area contributed by atoms with Crippen molar-refractivity contribution in [1.82, 2.24) is 4.98 Å². The van der Waals surface area contributed by atoms with E-state index in [1.54, 1.807) is 0 Å². The molecule has 1 heterocycles. The van der Waals surface area contributed by atoms with E-state index in [1.807, 2.05) is 19.2 Å². The molecular weight excluding hydrogens is 148 g/mol. The van der Waals surface area contributed by atoms with Crippen LogP contribution < -0.4 is 4.90 Å². The summed E-state index contributed by atoms with van der Waals surface area (Å²) in [7, 11) is 2.10. The van der Waals surface area contributed by atoms with Gasteiger partial charge in [0.2, 0.25) is 0 Å². The molecule has 0 bridgehead atoms. The smallest absolute Gasteiger partial charge is 0.0399 e. The highest BCUT2D eigenvalue weighted by molar-refractivity contribution is 5.46. The van der Waals surface area contributed by atoms with Gasteiger partial charge in [0.1, 0.15) is 0 Å². The first kappa shape index (κ1) is 9.04. The third kappa shape index (κ3) is 1.97. The van der Waals surface area contributed by atoms with Gasteiger partial charge >= 0.3 is 0 Å². The zero-order valence-corrected chi connectivity index (χ0v) is 8.20. The van der Waals surface area contributed by atoms with Gasteiger partial charge in [0.25, 0.3) is 0 Å². The zero-order chi connectivity index (χ0) is 9.14. The second-order valence-corrected chi connectivity index (χ2v) is 3.36. The Kier molecular flexibility index (Phi) is 2.69. The van der Waals surface area contributed by atoms with Crippen LogP contribution in [0.4, 0.5) is 5.69 Å². The van der Waals surface area contributed by atoms with Crippen LogP contribution in [0.5, 0.6) is 0 Å². The second kappa shape index (κ2) is 3.57. The van der Waals surface area contributed by atoms with Crippen LogP contribution in [0.1, 0.15) is 19.5 Å². The van der Waals surface area contributed by atoms with E-state index < -0.39 is 0 Å². The maximum absolute atomic E-state index is 4.15. The highest BCUT2D eigenvalue weighted by Gasteiger charge is 2.03. The molecule has 66 valence electrons. The third-order valence-electron chi connectivity index (χ3n) is 2.06. The van der Waals surface area contributed by atoms with E-state index in [0.717, 1.165) is 5.69 Å². The topological polar surface area (TPSA) is 16.1 Å². The van der Waals surface area contributed by atoms with Crippen LogP contribution in [0.15, 0.2) is 18.3 Å². The number of aromatic nitrogens is 1. The molecule has 0 saturated heterocycles. The summed E-state index contributed by atoms with van der Waals surface area (Å²) in [6, 6.07) is 4.67. The molecule has 0 radical (unpaired) electrons. The Bertz CT molecular complexity index is 256. The summed E-state index contributed by atoms with van der Waals surface area (Å²) in [5.74, 6) is 0. The Morgan fingerprint density at radius 1 is 1.42 bits per heavy atom. The van der Waals surface area contributed by atoms with Crippen LogP contribution in [0.2, 0.25) is 0 Å². The average molecular weight is 164 g/mol. The van der Waals surface area contributed by atoms with Crippen LogP contribution in [-0.4, -0.2) is 18.1 Å². The molecule has 0 fully saturated rings. The van der Waals surface area contributed by atoms with Crippen LogP contribution in [0.25, 0.3) is 0 Å². The van der Waals surface area contributed by atoms with Crippen molar-refractivity contribution in [3.05, 3.63) is 24.0 Å². The van der Waals surface area contributed by atoms with Crippen molar-refractivity contribution in [2.45, 2.75) is 26.8 Å². The zero-order valence-electron chi connectivity index (χ0n) is 8.20. The molecule has 1 aromatic rings. The number of hydrogen-bond donors (Lipinski definition) is 0. The standard InChI is InChI=1S/C10H16N2/c1-8(2)12(4)10-5-6-11-9(3)7-10/h5-8H,1-4H3. The molecule has 0 aromatic carbocycles. The summed E-state index contributed by atoms with van der Waals surface area (Å²) in [4.78, 5) is 6.39. The van der Waals surface area contributed by atoms with Gasteiger partial charge in [-0.25, -0.2) is 0 Å². The maximum atomic E-state index is 4.15. The van der Waals surface area contributed by atoms with Crippen molar-refractivity contribution in [2.24, 2.45) is 0 Å². The summed E-state index contributed by atoms with van der Waals surface area (Å²) in [5.41, 5.74) is 2.30. The first-order valence-corrected chi connectivity index (χ1v) is 4.26. The van der Waals surface area contributed by atoms with Gasteiger partial charge < -0.3 is 4.90 Å². The molecule has 0 unspecified atom stereocenters. The van der Waals surface area contributed by atoms with Crippen LogP contribution >= 0.6 is 0 Å². The van der Waals surface area contributed by atoms with Crippen molar-refractivity contribution in [1.29, 1.82) is 0 Å². The minimum absolute atomic E-state index is 0.534. The van der Waals surface area contributed by atoms with E-state index in [-0.39, 0.29) is 0 Å². The fourth-order valence-electron chi connectivity index (χ4n) is 1.05. The fourth-order valence-corrected chi connectivity index (χ4v) is 1.05. The van der Waals surface area contributed by atoms with Gasteiger partial charge in [-0.15, -0.1) is 0 Å². The lowest BCUT2D eigenvalue weighted by Gasteiger charge is -2.23. The quantitative estimate of drug-likeness (QED) is 0.666. The van der Waals surface area contributed by atoms with E-state index in [1.165, 1.54) is 5.69 Å². The highest BCUT2D eigenvalue weighted by atomic mass is 15.1. The number of pyridine rings is 1. The molecule has 0 aliphatic carbocycles. The Labute approximate surface area is 74.2 Å². The van der Waals surface area contributed by atoms with Crippen LogP contribution in [0.3, 0.4) is 0 Å². The molecule has 0 atom stereocenters. The molecule has 0 spiro atoms. The molecule has 1 rings (SSSR count). The summed E-state index contributed by atoms with van der Waals surface area (Å²) >= 11 is 0. The first-order valence-electron chi connectivity index (χ1n) is 4.26. The normalized spacial score (nSPS) is 10.4. The number of hydrogen-bond acceptors (Lipinski definition) is 2. The van der Waals surface area contributed by atoms with Gasteiger partial charge in [-0.2, -0.15) is 0 Å². The lowest BCUT2D eigenvalue weighted by molar-refractivity contribution is 0.753. The van der Waals surface area contributed by atoms with Crippen molar-refractivity contribution in [2.75, 3.05) is 11.9 Å². The summed E-state index contributed by atoms with van der Waals surface area (Å²) in [5, 5.41) is 0.